The number of hydrogen-bond donors (Lipinski definition) is 2. The van der Waals surface area contributed by atoms with Crippen LogP contribution in [0.25, 0.3) is 0 Å². The molecule has 0 bridgehead atoms. The van der Waals surface area contributed by atoms with Crippen molar-refractivity contribution in [1.29, 1.82) is 0 Å². The molecule has 20 heavy (non-hydrogen) atoms. The first-order valence-electron chi connectivity index (χ1n) is 6.50. The smallest absolute Gasteiger partial charge is 0.261 e. The second-order valence-electron chi connectivity index (χ2n) is 4.63. The van der Waals surface area contributed by atoms with Crippen molar-refractivity contribution in [3.05, 3.63) is 22.4 Å². The van der Waals surface area contributed by atoms with E-state index in [0.717, 1.165) is 6.42 Å². The Morgan fingerprint density at radius 1 is 1.45 bits per heavy atom. The minimum Gasteiger partial charge on any atom is -0.368 e. The lowest BCUT2D eigenvalue weighted by Gasteiger charge is -2.22. The number of primary amides is 1. The number of nitrogens with one attached hydrogen (secondary N) is 1. The molecule has 0 saturated carbocycles. The van der Waals surface area contributed by atoms with Crippen molar-refractivity contribution in [2.45, 2.75) is 25.3 Å². The van der Waals surface area contributed by atoms with Crippen LogP contribution >= 0.6 is 11.3 Å². The van der Waals surface area contributed by atoms with Crippen LogP contribution in [0, 0.1) is 0 Å². The maximum atomic E-state index is 12.0. The van der Waals surface area contributed by atoms with E-state index in [-0.39, 0.29) is 24.8 Å². The SMILES string of the molecule is NC(=O)C1CCCN1C(=O)CCNC(=O)c1cccs1. The Morgan fingerprint density at radius 3 is 2.90 bits per heavy atom. The third-order valence-electron chi connectivity index (χ3n) is 3.27. The minimum absolute atomic E-state index is 0.141. The number of hydrogen-bond acceptors (Lipinski definition) is 4. The highest BCUT2D eigenvalue weighted by Crippen LogP contribution is 2.17. The van der Waals surface area contributed by atoms with Crippen molar-refractivity contribution >= 4 is 29.1 Å². The van der Waals surface area contributed by atoms with E-state index >= 15 is 0 Å². The summed E-state index contributed by atoms with van der Waals surface area (Å²) in [4.78, 5) is 37.0. The number of likely N-dealkylation sites (tertiary alicyclic amines) is 1. The van der Waals surface area contributed by atoms with Gasteiger partial charge in [-0.25, -0.2) is 0 Å². The number of nitrogens with two attached hydrogens (primary N) is 1. The molecule has 1 fully saturated rings. The van der Waals surface area contributed by atoms with Crippen LogP contribution in [-0.4, -0.2) is 41.8 Å². The molecule has 0 aliphatic carbocycles. The lowest BCUT2D eigenvalue weighted by atomic mass is 10.2. The number of nitrogens with zero attached hydrogens (tertiary/aromatic N) is 1. The third-order valence-corrected chi connectivity index (χ3v) is 4.14. The summed E-state index contributed by atoms with van der Waals surface area (Å²) in [6, 6.07) is 3.04. The predicted octanol–water partition coefficient (Wildman–Crippen LogP) is 0.344. The molecule has 6 nitrogen and oxygen atoms in total. The zero-order valence-corrected chi connectivity index (χ0v) is 11.8. The summed E-state index contributed by atoms with van der Waals surface area (Å²) in [6.45, 7) is 0.822. The number of amides is 3. The van der Waals surface area contributed by atoms with Gasteiger partial charge < -0.3 is 16.0 Å². The fraction of sp³-hybridized carbons (Fsp3) is 0.462. The van der Waals surface area contributed by atoms with Gasteiger partial charge in [-0.05, 0) is 24.3 Å². The van der Waals surface area contributed by atoms with Gasteiger partial charge in [-0.2, -0.15) is 0 Å². The largest absolute Gasteiger partial charge is 0.368 e. The van der Waals surface area contributed by atoms with Crippen LogP contribution in [0.4, 0.5) is 0 Å². The monoisotopic (exact) mass is 295 g/mol. The summed E-state index contributed by atoms with van der Waals surface area (Å²) in [5.74, 6) is -0.781. The van der Waals surface area contributed by atoms with Gasteiger partial charge in [-0.1, -0.05) is 6.07 Å². The summed E-state index contributed by atoms with van der Waals surface area (Å²) in [6.07, 6.45) is 1.60. The molecule has 1 aromatic rings. The van der Waals surface area contributed by atoms with Crippen LogP contribution < -0.4 is 11.1 Å². The summed E-state index contributed by atoms with van der Waals surface area (Å²) in [5.41, 5.74) is 5.27. The van der Waals surface area contributed by atoms with Crippen LogP contribution in [0.15, 0.2) is 17.5 Å². The van der Waals surface area contributed by atoms with E-state index in [0.29, 0.717) is 17.8 Å². The second-order valence-corrected chi connectivity index (χ2v) is 5.58. The van der Waals surface area contributed by atoms with Gasteiger partial charge in [0, 0.05) is 19.5 Å². The molecule has 1 saturated heterocycles. The van der Waals surface area contributed by atoms with Gasteiger partial charge in [-0.15, -0.1) is 11.3 Å². The first-order valence-corrected chi connectivity index (χ1v) is 7.38. The molecule has 1 aromatic heterocycles. The van der Waals surface area contributed by atoms with Crippen LogP contribution in [-0.2, 0) is 9.59 Å². The molecule has 0 spiro atoms. The average molecular weight is 295 g/mol. The number of carbonyl (C=O) groups excluding carboxylic acids is 3. The van der Waals surface area contributed by atoms with E-state index in [1.165, 1.54) is 16.2 Å². The highest BCUT2D eigenvalue weighted by molar-refractivity contribution is 7.12. The lowest BCUT2D eigenvalue weighted by molar-refractivity contribution is -0.137. The second kappa shape index (κ2) is 6.51. The molecular formula is C13H17N3O3S. The maximum Gasteiger partial charge on any atom is 0.261 e. The molecule has 2 rings (SSSR count). The topological polar surface area (TPSA) is 92.5 Å². The Labute approximate surface area is 120 Å². The number of carbonyl (C=O) groups is 3. The Hall–Kier alpha value is -1.89. The van der Waals surface area contributed by atoms with Gasteiger partial charge in [0.25, 0.3) is 5.91 Å². The Kier molecular flexibility index (Phi) is 4.73. The van der Waals surface area contributed by atoms with Gasteiger partial charge in [0.2, 0.25) is 11.8 Å². The van der Waals surface area contributed by atoms with E-state index in [9.17, 15) is 14.4 Å². The first-order chi connectivity index (χ1) is 9.59. The average Bonchev–Trinajstić information content (AvgIpc) is 3.09. The Bertz CT molecular complexity index is 501. The maximum absolute atomic E-state index is 12.0. The summed E-state index contributed by atoms with van der Waals surface area (Å²) in [7, 11) is 0. The van der Waals surface area contributed by atoms with Crippen molar-refractivity contribution in [2.24, 2.45) is 5.73 Å². The van der Waals surface area contributed by atoms with Gasteiger partial charge in [0.05, 0.1) is 4.88 Å². The normalized spacial score (nSPS) is 18.0. The molecule has 108 valence electrons. The zero-order chi connectivity index (χ0) is 14.5. The quantitative estimate of drug-likeness (QED) is 0.820. The van der Waals surface area contributed by atoms with Crippen LogP contribution in [0.3, 0.4) is 0 Å². The van der Waals surface area contributed by atoms with E-state index in [4.69, 9.17) is 5.73 Å². The van der Waals surface area contributed by atoms with Crippen molar-refractivity contribution in [1.82, 2.24) is 10.2 Å². The van der Waals surface area contributed by atoms with E-state index in [2.05, 4.69) is 5.32 Å². The predicted molar refractivity (Wildman–Crippen MR) is 75.2 cm³/mol. The fourth-order valence-corrected chi connectivity index (χ4v) is 2.92. The van der Waals surface area contributed by atoms with Gasteiger partial charge >= 0.3 is 0 Å². The third kappa shape index (κ3) is 3.36. The minimum atomic E-state index is -0.490. The molecule has 1 unspecified atom stereocenters. The molecule has 1 aliphatic heterocycles. The van der Waals surface area contributed by atoms with Crippen molar-refractivity contribution in [2.75, 3.05) is 13.1 Å². The summed E-state index contributed by atoms with van der Waals surface area (Å²) >= 11 is 1.35. The highest BCUT2D eigenvalue weighted by atomic mass is 32.1. The van der Waals surface area contributed by atoms with Gasteiger partial charge in [-0.3, -0.25) is 14.4 Å². The molecular weight excluding hydrogens is 278 g/mol. The molecule has 7 heteroatoms. The van der Waals surface area contributed by atoms with E-state index < -0.39 is 11.9 Å². The Balaban J connectivity index is 1.78. The molecule has 3 amide bonds. The molecule has 0 radical (unpaired) electrons. The van der Waals surface area contributed by atoms with Gasteiger partial charge in [0.15, 0.2) is 0 Å². The molecule has 1 aliphatic rings. The molecule has 1 atom stereocenters. The van der Waals surface area contributed by atoms with Crippen LogP contribution in [0.2, 0.25) is 0 Å². The summed E-state index contributed by atoms with van der Waals surface area (Å²) < 4.78 is 0. The van der Waals surface area contributed by atoms with Crippen molar-refractivity contribution in [3.8, 4) is 0 Å². The molecule has 3 N–H and O–H groups in total. The number of thiophene rings is 1. The zero-order valence-electron chi connectivity index (χ0n) is 11.0. The molecule has 0 aromatic carbocycles. The van der Waals surface area contributed by atoms with Crippen molar-refractivity contribution < 1.29 is 14.4 Å². The van der Waals surface area contributed by atoms with Gasteiger partial charge in [0.1, 0.15) is 6.04 Å². The van der Waals surface area contributed by atoms with E-state index in [1.54, 1.807) is 12.1 Å². The standard InChI is InChI=1S/C13H17N3O3S/c14-12(18)9-3-1-7-16(9)11(17)5-6-15-13(19)10-4-2-8-20-10/h2,4,8-9H,1,3,5-7H2,(H2,14,18)(H,15,19). The van der Waals surface area contributed by atoms with Crippen molar-refractivity contribution in [3.63, 3.8) is 0 Å². The van der Waals surface area contributed by atoms with E-state index in [1.807, 2.05) is 5.38 Å². The first kappa shape index (κ1) is 14.5. The fourth-order valence-electron chi connectivity index (χ4n) is 2.28. The van der Waals surface area contributed by atoms with Crippen LogP contribution in [0.1, 0.15) is 28.9 Å². The molecule has 2 heterocycles. The lowest BCUT2D eigenvalue weighted by Crippen LogP contribution is -2.44. The number of rotatable bonds is 5. The van der Waals surface area contributed by atoms with Crippen LogP contribution in [0.5, 0.6) is 0 Å². The summed E-state index contributed by atoms with van der Waals surface area (Å²) in [5, 5.41) is 4.51. The highest BCUT2D eigenvalue weighted by Gasteiger charge is 2.32. The Morgan fingerprint density at radius 2 is 2.25 bits per heavy atom.